The lowest BCUT2D eigenvalue weighted by molar-refractivity contribution is 0.475. The quantitative estimate of drug-likeness (QED) is 0.877. The van der Waals surface area contributed by atoms with Crippen molar-refractivity contribution in [3.05, 3.63) is 40.0 Å². The Kier molecular flexibility index (Phi) is 2.64. The van der Waals surface area contributed by atoms with Gasteiger partial charge in [0.1, 0.15) is 11.8 Å². The van der Waals surface area contributed by atoms with Gasteiger partial charge in [-0.15, -0.1) is 0 Å². The maximum absolute atomic E-state index is 9.35. The molecule has 18 heavy (non-hydrogen) atoms. The molecule has 0 bridgehead atoms. The first-order chi connectivity index (χ1) is 8.72. The van der Waals surface area contributed by atoms with Crippen LogP contribution >= 0.6 is 15.9 Å². The number of fused-ring (bicyclic) bond motifs is 1. The predicted octanol–water partition coefficient (Wildman–Crippen LogP) is 3.44. The van der Waals surface area contributed by atoms with Crippen molar-refractivity contribution in [3.8, 4) is 23.1 Å². The van der Waals surface area contributed by atoms with E-state index in [9.17, 15) is 10.4 Å². The normalized spacial score (nSPS) is 13.3. The van der Waals surface area contributed by atoms with Crippen LogP contribution in [0.4, 0.5) is 0 Å². The molecule has 0 atom stereocenters. The summed E-state index contributed by atoms with van der Waals surface area (Å²) in [5.41, 5.74) is 3.92. The second kappa shape index (κ2) is 4.18. The third-order valence-corrected chi connectivity index (χ3v) is 4.13. The number of rotatable bonds is 1. The van der Waals surface area contributed by atoms with Crippen molar-refractivity contribution < 1.29 is 5.11 Å². The Morgan fingerprint density at radius 2 is 2.00 bits per heavy atom. The number of nitriles is 1. The summed E-state index contributed by atoms with van der Waals surface area (Å²) in [6.45, 7) is 0.950. The third kappa shape index (κ3) is 1.55. The van der Waals surface area contributed by atoms with Crippen LogP contribution in [0, 0.1) is 11.3 Å². The molecule has 90 valence electrons. The molecule has 0 radical (unpaired) electrons. The zero-order valence-corrected chi connectivity index (χ0v) is 11.2. The number of aromatic nitrogens is 1. The van der Waals surface area contributed by atoms with E-state index >= 15 is 0 Å². The Morgan fingerprint density at radius 3 is 2.67 bits per heavy atom. The average Bonchev–Trinajstić information content (AvgIpc) is 2.90. The summed E-state index contributed by atoms with van der Waals surface area (Å²) in [5, 5.41) is 18.6. The summed E-state index contributed by atoms with van der Waals surface area (Å²) >= 11 is 3.54. The molecule has 1 N–H and O–H groups in total. The maximum Gasteiger partial charge on any atom is 0.115 e. The van der Waals surface area contributed by atoms with Crippen LogP contribution in [0.5, 0.6) is 5.75 Å². The average molecular weight is 303 g/mol. The van der Waals surface area contributed by atoms with E-state index in [1.54, 1.807) is 12.1 Å². The van der Waals surface area contributed by atoms with E-state index < -0.39 is 0 Å². The molecule has 0 unspecified atom stereocenters. The van der Waals surface area contributed by atoms with Gasteiger partial charge in [0.25, 0.3) is 0 Å². The number of benzene rings is 1. The highest BCUT2D eigenvalue weighted by atomic mass is 79.9. The van der Waals surface area contributed by atoms with Gasteiger partial charge in [-0.05, 0) is 58.6 Å². The number of aromatic hydroxyl groups is 1. The fourth-order valence-corrected chi connectivity index (χ4v) is 3.32. The summed E-state index contributed by atoms with van der Waals surface area (Å²) < 4.78 is 3.07. The highest BCUT2D eigenvalue weighted by Gasteiger charge is 2.25. The molecule has 1 aromatic carbocycles. The van der Waals surface area contributed by atoms with Gasteiger partial charge in [-0.2, -0.15) is 5.26 Å². The molecule has 0 aliphatic carbocycles. The first-order valence-corrected chi connectivity index (χ1v) is 6.62. The topological polar surface area (TPSA) is 48.9 Å². The largest absolute Gasteiger partial charge is 0.508 e. The lowest BCUT2D eigenvalue weighted by atomic mass is 10.1. The zero-order chi connectivity index (χ0) is 12.7. The second-order valence-corrected chi connectivity index (χ2v) is 5.19. The molecule has 1 aliphatic rings. The Bertz CT molecular complexity index is 650. The van der Waals surface area contributed by atoms with Crippen LogP contribution in [-0.2, 0) is 13.0 Å². The van der Waals surface area contributed by atoms with Crippen molar-refractivity contribution in [2.45, 2.75) is 19.4 Å². The molecule has 2 heterocycles. The lowest BCUT2D eigenvalue weighted by Gasteiger charge is -2.07. The number of hydrogen-bond acceptors (Lipinski definition) is 2. The van der Waals surface area contributed by atoms with Crippen molar-refractivity contribution in [1.82, 2.24) is 4.57 Å². The smallest absolute Gasteiger partial charge is 0.115 e. The van der Waals surface area contributed by atoms with Crippen LogP contribution in [0.2, 0.25) is 0 Å². The molecule has 2 aromatic rings. The highest BCUT2D eigenvalue weighted by molar-refractivity contribution is 9.10. The number of phenols is 1. The number of hydrogen-bond donors (Lipinski definition) is 1. The molecular formula is C14H11BrN2O. The predicted molar refractivity (Wildman–Crippen MR) is 72.3 cm³/mol. The molecule has 0 saturated carbocycles. The van der Waals surface area contributed by atoms with Gasteiger partial charge < -0.3 is 9.67 Å². The fraction of sp³-hybridized carbons (Fsp3) is 0.214. The van der Waals surface area contributed by atoms with Crippen molar-refractivity contribution in [2.24, 2.45) is 0 Å². The molecule has 1 aromatic heterocycles. The minimum absolute atomic E-state index is 0.253. The Hall–Kier alpha value is -1.73. The second-order valence-electron chi connectivity index (χ2n) is 4.40. The van der Waals surface area contributed by atoms with Gasteiger partial charge in [0, 0.05) is 12.2 Å². The van der Waals surface area contributed by atoms with E-state index in [2.05, 4.69) is 26.6 Å². The van der Waals surface area contributed by atoms with Crippen LogP contribution in [0.3, 0.4) is 0 Å². The first-order valence-electron chi connectivity index (χ1n) is 5.82. The van der Waals surface area contributed by atoms with Gasteiger partial charge in [0.2, 0.25) is 0 Å². The molecule has 3 nitrogen and oxygen atoms in total. The lowest BCUT2D eigenvalue weighted by Crippen LogP contribution is -1.95. The number of phenolic OH excluding ortho intramolecular Hbond substituents is 1. The first kappa shape index (κ1) is 11.4. The van der Waals surface area contributed by atoms with Crippen LogP contribution in [0.25, 0.3) is 11.3 Å². The summed E-state index contributed by atoms with van der Waals surface area (Å²) in [6.07, 6.45) is 2.04. The van der Waals surface area contributed by atoms with E-state index in [1.807, 2.05) is 12.1 Å². The zero-order valence-electron chi connectivity index (χ0n) is 9.65. The minimum atomic E-state index is 0.253. The van der Waals surface area contributed by atoms with Crippen molar-refractivity contribution in [2.75, 3.05) is 0 Å². The summed E-state index contributed by atoms with van der Waals surface area (Å²) in [4.78, 5) is 0. The highest BCUT2D eigenvalue weighted by Crippen LogP contribution is 2.39. The van der Waals surface area contributed by atoms with E-state index in [1.165, 1.54) is 0 Å². The van der Waals surface area contributed by atoms with E-state index in [0.717, 1.165) is 46.4 Å². The van der Waals surface area contributed by atoms with Crippen molar-refractivity contribution in [3.63, 3.8) is 0 Å². The van der Waals surface area contributed by atoms with Crippen LogP contribution < -0.4 is 0 Å². The van der Waals surface area contributed by atoms with Gasteiger partial charge in [0.15, 0.2) is 0 Å². The Morgan fingerprint density at radius 1 is 1.28 bits per heavy atom. The van der Waals surface area contributed by atoms with Crippen molar-refractivity contribution in [1.29, 1.82) is 5.26 Å². The van der Waals surface area contributed by atoms with Crippen LogP contribution in [0.1, 0.15) is 17.7 Å². The SMILES string of the molecule is N#Cc1c(Br)c(-c2ccc(O)cc2)n2c1CCC2. The number of nitrogens with zero attached hydrogens (tertiary/aromatic N) is 2. The maximum atomic E-state index is 9.35. The summed E-state index contributed by atoms with van der Waals surface area (Å²) in [7, 11) is 0. The summed E-state index contributed by atoms with van der Waals surface area (Å²) in [6, 6.07) is 9.37. The Labute approximate surface area is 113 Å². The molecule has 0 saturated heterocycles. The van der Waals surface area contributed by atoms with Crippen molar-refractivity contribution >= 4 is 15.9 Å². The molecule has 0 amide bonds. The van der Waals surface area contributed by atoms with Crippen LogP contribution in [-0.4, -0.2) is 9.67 Å². The van der Waals surface area contributed by atoms with E-state index in [-0.39, 0.29) is 5.75 Å². The van der Waals surface area contributed by atoms with E-state index in [4.69, 9.17) is 0 Å². The van der Waals surface area contributed by atoms with Gasteiger partial charge >= 0.3 is 0 Å². The fourth-order valence-electron chi connectivity index (χ4n) is 2.56. The van der Waals surface area contributed by atoms with E-state index in [0.29, 0.717) is 0 Å². The molecule has 3 rings (SSSR count). The molecule has 0 fully saturated rings. The van der Waals surface area contributed by atoms with Gasteiger partial charge in [-0.25, -0.2) is 0 Å². The van der Waals surface area contributed by atoms with Crippen LogP contribution in [0.15, 0.2) is 28.7 Å². The summed E-state index contributed by atoms with van der Waals surface area (Å²) in [5.74, 6) is 0.253. The van der Waals surface area contributed by atoms with Gasteiger partial charge in [0.05, 0.1) is 15.7 Å². The minimum Gasteiger partial charge on any atom is -0.508 e. The third-order valence-electron chi connectivity index (χ3n) is 3.36. The molecule has 0 spiro atoms. The number of halogens is 1. The molecule has 4 heteroatoms. The van der Waals surface area contributed by atoms with Gasteiger partial charge in [-0.3, -0.25) is 0 Å². The Balaban J connectivity index is 2.24. The molecule has 1 aliphatic heterocycles. The standard InChI is InChI=1S/C14H11BrN2O/c15-13-11(8-16)12-2-1-7-17(12)14(13)9-3-5-10(18)6-4-9/h3-6,18H,1-2,7H2. The van der Waals surface area contributed by atoms with Gasteiger partial charge in [-0.1, -0.05) is 0 Å². The molecular weight excluding hydrogens is 292 g/mol. The monoisotopic (exact) mass is 302 g/mol.